The molecule has 1 aromatic rings. The van der Waals surface area contributed by atoms with Crippen molar-refractivity contribution >= 4 is 11.3 Å². The molecule has 0 atom stereocenters. The Morgan fingerprint density at radius 2 is 2.25 bits per heavy atom. The zero-order valence-corrected chi connectivity index (χ0v) is 9.27. The largest absolute Gasteiger partial charge is 0.398 e. The van der Waals surface area contributed by atoms with E-state index in [1.807, 2.05) is 25.2 Å². The van der Waals surface area contributed by atoms with Crippen molar-refractivity contribution in [1.29, 1.82) is 5.26 Å². The summed E-state index contributed by atoms with van der Waals surface area (Å²) in [7, 11) is 0. The maximum absolute atomic E-state index is 8.85. The highest BCUT2D eigenvalue weighted by atomic mass is 14.6. The van der Waals surface area contributed by atoms with Crippen LogP contribution in [0.5, 0.6) is 0 Å². The third kappa shape index (κ3) is 2.61. The average Bonchev–Trinajstić information content (AvgIpc) is 2.29. The van der Waals surface area contributed by atoms with Crippen LogP contribution in [0.4, 0.5) is 5.69 Å². The highest BCUT2D eigenvalue weighted by Gasteiger charge is 2.03. The van der Waals surface area contributed by atoms with E-state index < -0.39 is 0 Å². The van der Waals surface area contributed by atoms with Gasteiger partial charge in [-0.15, -0.1) is 0 Å². The molecule has 0 aliphatic carbocycles. The first-order chi connectivity index (χ1) is 7.72. The monoisotopic (exact) mass is 210 g/mol. The van der Waals surface area contributed by atoms with Crippen LogP contribution in [0.3, 0.4) is 0 Å². The number of nitrogen functional groups attached to an aromatic ring is 1. The van der Waals surface area contributed by atoms with Gasteiger partial charge in [0.25, 0.3) is 0 Å². The summed E-state index contributed by atoms with van der Waals surface area (Å²) in [5.74, 6) is 0. The van der Waals surface area contributed by atoms with E-state index in [9.17, 15) is 0 Å². The lowest BCUT2D eigenvalue weighted by Gasteiger charge is -2.06. The Morgan fingerprint density at radius 3 is 2.81 bits per heavy atom. The minimum absolute atomic E-state index is 0.601. The van der Waals surface area contributed by atoms with E-state index in [1.165, 1.54) is 0 Å². The molecule has 0 saturated carbocycles. The molecule has 0 aromatic heterocycles. The molecule has 0 aliphatic rings. The fourth-order valence-corrected chi connectivity index (χ4v) is 1.42. The molecule has 1 rings (SSSR count). The Bertz CT molecular complexity index is 488. The topological polar surface area (TPSA) is 49.8 Å². The number of anilines is 1. The summed E-state index contributed by atoms with van der Waals surface area (Å²) in [4.78, 5) is 0. The summed E-state index contributed by atoms with van der Waals surface area (Å²) >= 11 is 0. The van der Waals surface area contributed by atoms with Crippen LogP contribution in [-0.4, -0.2) is 0 Å². The fourth-order valence-electron chi connectivity index (χ4n) is 1.42. The third-order valence-corrected chi connectivity index (χ3v) is 2.14. The fraction of sp³-hybridized carbons (Fsp3) is 0.0714. The summed E-state index contributed by atoms with van der Waals surface area (Å²) in [5.41, 5.74) is 8.95. The molecule has 0 amide bonds. The molecule has 0 bridgehead atoms. The molecule has 0 saturated heterocycles. The quantitative estimate of drug-likeness (QED) is 0.614. The molecule has 0 heterocycles. The molecular formula is C14H14N2. The molecule has 80 valence electrons. The lowest BCUT2D eigenvalue weighted by Crippen LogP contribution is -1.93. The second-order valence-corrected chi connectivity index (χ2v) is 3.27. The van der Waals surface area contributed by atoms with Crippen molar-refractivity contribution < 1.29 is 0 Å². The van der Waals surface area contributed by atoms with E-state index >= 15 is 0 Å². The van der Waals surface area contributed by atoms with Gasteiger partial charge in [-0.3, -0.25) is 0 Å². The number of nitrogens with zero attached hydrogens (tertiary/aromatic N) is 1. The predicted octanol–water partition coefficient (Wildman–Crippen LogP) is 3.29. The summed E-state index contributed by atoms with van der Waals surface area (Å²) in [5, 5.41) is 8.85. The van der Waals surface area contributed by atoms with Crippen molar-refractivity contribution in [2.45, 2.75) is 6.92 Å². The van der Waals surface area contributed by atoms with Gasteiger partial charge < -0.3 is 5.73 Å². The second-order valence-electron chi connectivity index (χ2n) is 3.27. The van der Waals surface area contributed by atoms with Gasteiger partial charge in [-0.25, -0.2) is 0 Å². The zero-order chi connectivity index (χ0) is 12.0. The minimum atomic E-state index is 0.601. The number of rotatable bonds is 3. The Labute approximate surface area is 96.0 Å². The molecule has 0 radical (unpaired) electrons. The van der Waals surface area contributed by atoms with Crippen LogP contribution >= 0.6 is 0 Å². The van der Waals surface area contributed by atoms with Crippen molar-refractivity contribution in [3.05, 3.63) is 60.2 Å². The number of allylic oxidation sites excluding steroid dienone is 5. The SMILES string of the molecule is C=C/C=C(\C=C/C)c1cc(C#N)ccc1N. The number of hydrogen-bond donors (Lipinski definition) is 1. The summed E-state index contributed by atoms with van der Waals surface area (Å²) in [6.07, 6.45) is 7.43. The number of nitrogens with two attached hydrogens (primary N) is 1. The van der Waals surface area contributed by atoms with Crippen molar-refractivity contribution in [1.82, 2.24) is 0 Å². The van der Waals surface area contributed by atoms with Crippen molar-refractivity contribution in [3.8, 4) is 6.07 Å². The molecule has 2 nitrogen and oxygen atoms in total. The van der Waals surface area contributed by atoms with E-state index in [1.54, 1.807) is 24.3 Å². The summed E-state index contributed by atoms with van der Waals surface area (Å²) in [6, 6.07) is 7.34. The average molecular weight is 210 g/mol. The first-order valence-corrected chi connectivity index (χ1v) is 4.98. The van der Waals surface area contributed by atoms with Crippen LogP contribution in [0.2, 0.25) is 0 Å². The third-order valence-electron chi connectivity index (χ3n) is 2.14. The van der Waals surface area contributed by atoms with E-state index in [0.29, 0.717) is 11.3 Å². The molecule has 1 aromatic carbocycles. The van der Waals surface area contributed by atoms with Gasteiger partial charge in [0.15, 0.2) is 0 Å². The van der Waals surface area contributed by atoms with Crippen molar-refractivity contribution in [2.24, 2.45) is 0 Å². The van der Waals surface area contributed by atoms with E-state index in [0.717, 1.165) is 11.1 Å². The Hall–Kier alpha value is -2.27. The van der Waals surface area contributed by atoms with Crippen LogP contribution in [0.1, 0.15) is 18.1 Å². The van der Waals surface area contributed by atoms with Gasteiger partial charge in [0.2, 0.25) is 0 Å². The van der Waals surface area contributed by atoms with Gasteiger partial charge in [-0.2, -0.15) is 5.26 Å². The standard InChI is InChI=1S/C14H14N2/c1-3-5-12(6-4-2)13-9-11(10-15)7-8-14(13)16/h3-9H,1,16H2,2H3/b6-4-,12-5+. The zero-order valence-electron chi connectivity index (χ0n) is 9.27. The molecule has 0 spiro atoms. The van der Waals surface area contributed by atoms with Gasteiger partial charge in [-0.1, -0.05) is 30.9 Å². The van der Waals surface area contributed by atoms with Gasteiger partial charge in [0, 0.05) is 11.3 Å². The van der Waals surface area contributed by atoms with Gasteiger partial charge in [0.1, 0.15) is 0 Å². The Morgan fingerprint density at radius 1 is 1.50 bits per heavy atom. The molecule has 2 heteroatoms. The summed E-state index contributed by atoms with van der Waals surface area (Å²) < 4.78 is 0. The first-order valence-electron chi connectivity index (χ1n) is 4.98. The van der Waals surface area contributed by atoms with Gasteiger partial charge in [0.05, 0.1) is 11.6 Å². The van der Waals surface area contributed by atoms with Crippen LogP contribution in [0.25, 0.3) is 5.57 Å². The predicted molar refractivity (Wildman–Crippen MR) is 68.6 cm³/mol. The second kappa shape index (κ2) is 5.57. The number of benzene rings is 1. The maximum Gasteiger partial charge on any atom is 0.0991 e. The van der Waals surface area contributed by atoms with E-state index in [-0.39, 0.29) is 0 Å². The molecular weight excluding hydrogens is 196 g/mol. The minimum Gasteiger partial charge on any atom is -0.398 e. The molecule has 2 N–H and O–H groups in total. The van der Waals surface area contributed by atoms with Crippen LogP contribution in [0, 0.1) is 11.3 Å². The normalized spacial score (nSPS) is 11.4. The van der Waals surface area contributed by atoms with Crippen LogP contribution < -0.4 is 5.73 Å². The summed E-state index contributed by atoms with van der Waals surface area (Å²) in [6.45, 7) is 5.60. The Balaban J connectivity index is 3.34. The maximum atomic E-state index is 8.85. The molecule has 16 heavy (non-hydrogen) atoms. The van der Waals surface area contributed by atoms with E-state index in [4.69, 9.17) is 11.0 Å². The first kappa shape index (κ1) is 11.8. The van der Waals surface area contributed by atoms with Crippen LogP contribution in [-0.2, 0) is 0 Å². The van der Waals surface area contributed by atoms with Gasteiger partial charge in [-0.05, 0) is 30.7 Å². The number of hydrogen-bond acceptors (Lipinski definition) is 2. The van der Waals surface area contributed by atoms with Crippen molar-refractivity contribution in [3.63, 3.8) is 0 Å². The lowest BCUT2D eigenvalue weighted by molar-refractivity contribution is 1.47. The highest BCUT2D eigenvalue weighted by molar-refractivity contribution is 5.82. The molecule has 0 fully saturated rings. The molecule has 0 unspecified atom stereocenters. The number of nitriles is 1. The van der Waals surface area contributed by atoms with Gasteiger partial charge >= 0.3 is 0 Å². The smallest absolute Gasteiger partial charge is 0.0991 e. The molecule has 0 aliphatic heterocycles. The lowest BCUT2D eigenvalue weighted by atomic mass is 10.0. The van der Waals surface area contributed by atoms with Crippen molar-refractivity contribution in [2.75, 3.05) is 5.73 Å². The Kier molecular flexibility index (Phi) is 4.11. The highest BCUT2D eigenvalue weighted by Crippen LogP contribution is 2.24. The van der Waals surface area contributed by atoms with Crippen LogP contribution in [0.15, 0.2) is 49.1 Å². The van der Waals surface area contributed by atoms with E-state index in [2.05, 4.69) is 12.6 Å².